The molecule has 2 heterocycles. The van der Waals surface area contributed by atoms with Crippen molar-refractivity contribution >= 4 is 23.5 Å². The predicted octanol–water partition coefficient (Wildman–Crippen LogP) is 4.16. The second-order valence-electron chi connectivity index (χ2n) is 6.02. The van der Waals surface area contributed by atoms with E-state index in [2.05, 4.69) is 27.5 Å². The van der Waals surface area contributed by atoms with E-state index in [9.17, 15) is 9.18 Å². The van der Waals surface area contributed by atoms with E-state index in [-0.39, 0.29) is 28.6 Å². The summed E-state index contributed by atoms with van der Waals surface area (Å²) in [5, 5.41) is 14.6. The number of nitrogens with one attached hydrogen (secondary N) is 1. The second-order valence-corrected chi connectivity index (χ2v) is 7.31. The van der Waals surface area contributed by atoms with Gasteiger partial charge in [0.1, 0.15) is 11.6 Å². The molecule has 0 fully saturated rings. The van der Waals surface area contributed by atoms with Crippen molar-refractivity contribution in [1.82, 2.24) is 20.0 Å². The molecule has 2 atom stereocenters. The van der Waals surface area contributed by atoms with Crippen molar-refractivity contribution in [2.24, 2.45) is 0 Å². The summed E-state index contributed by atoms with van der Waals surface area (Å²) in [6, 6.07) is 8.09. The maximum absolute atomic E-state index is 13.8. The quantitative estimate of drug-likeness (QED) is 0.611. The van der Waals surface area contributed by atoms with Crippen molar-refractivity contribution in [2.45, 2.75) is 43.7 Å². The van der Waals surface area contributed by atoms with Gasteiger partial charge in [-0.3, -0.25) is 4.79 Å². The number of carbonyl (C=O) groups is 1. The minimum Gasteiger partial charge on any atom is -0.411 e. The first-order valence-electron chi connectivity index (χ1n) is 8.59. The van der Waals surface area contributed by atoms with Crippen LogP contribution in [0.5, 0.6) is 0 Å². The van der Waals surface area contributed by atoms with Crippen molar-refractivity contribution in [2.75, 3.05) is 5.32 Å². The van der Waals surface area contributed by atoms with E-state index in [0.717, 1.165) is 18.2 Å². The first kappa shape index (κ1) is 19.1. The Balaban J connectivity index is 1.66. The number of rotatable bonds is 7. The molecular weight excluding hydrogens is 369 g/mol. The minimum atomic E-state index is -0.487. The van der Waals surface area contributed by atoms with Crippen LogP contribution in [-0.2, 0) is 4.79 Å². The van der Waals surface area contributed by atoms with E-state index in [4.69, 9.17) is 4.42 Å². The van der Waals surface area contributed by atoms with Crippen molar-refractivity contribution in [3.63, 3.8) is 0 Å². The van der Waals surface area contributed by atoms with Gasteiger partial charge in [0.2, 0.25) is 5.91 Å². The van der Waals surface area contributed by atoms with Crippen molar-refractivity contribution in [3.05, 3.63) is 42.3 Å². The van der Waals surface area contributed by atoms with Crippen LogP contribution in [0.4, 0.5) is 10.2 Å². The van der Waals surface area contributed by atoms with Crippen molar-refractivity contribution in [3.8, 4) is 11.5 Å². The summed E-state index contributed by atoms with van der Waals surface area (Å²) in [5.74, 6) is 0.0647. The molecule has 1 N–H and O–H groups in total. The standard InChI is InChI=1S/C18H20FN5O2S/c1-4-11(2)24-15(9-10-20-24)21-16(25)12(3)27-18-23-22-17(26-18)13-7-5-6-8-14(13)19/h5-12H,4H2,1-3H3,(H,21,25)/t11-,12+/m0/s1. The molecule has 0 aliphatic carbocycles. The number of carbonyl (C=O) groups excluding carboxylic acids is 1. The van der Waals surface area contributed by atoms with Crippen LogP contribution in [0.3, 0.4) is 0 Å². The molecule has 27 heavy (non-hydrogen) atoms. The van der Waals surface area contributed by atoms with Crippen LogP contribution in [-0.4, -0.2) is 31.1 Å². The van der Waals surface area contributed by atoms with E-state index in [1.54, 1.807) is 42.1 Å². The summed E-state index contributed by atoms with van der Waals surface area (Å²) in [4.78, 5) is 12.5. The molecule has 9 heteroatoms. The number of benzene rings is 1. The normalized spacial score (nSPS) is 13.3. The Bertz CT molecular complexity index is 926. The Kier molecular flexibility index (Phi) is 5.90. The van der Waals surface area contributed by atoms with E-state index in [0.29, 0.717) is 5.82 Å². The molecule has 2 aromatic heterocycles. The van der Waals surface area contributed by atoms with Crippen LogP contribution in [0.25, 0.3) is 11.5 Å². The summed E-state index contributed by atoms with van der Waals surface area (Å²) < 4.78 is 21.1. The van der Waals surface area contributed by atoms with Crippen LogP contribution in [0.2, 0.25) is 0 Å². The van der Waals surface area contributed by atoms with E-state index in [1.165, 1.54) is 6.07 Å². The molecule has 7 nitrogen and oxygen atoms in total. The highest BCUT2D eigenvalue weighted by molar-refractivity contribution is 8.00. The van der Waals surface area contributed by atoms with Crippen LogP contribution < -0.4 is 5.32 Å². The third-order valence-corrected chi connectivity index (χ3v) is 5.02. The zero-order valence-electron chi connectivity index (χ0n) is 15.2. The summed E-state index contributed by atoms with van der Waals surface area (Å²) in [6.45, 7) is 5.82. The Hall–Kier alpha value is -2.68. The number of hydrogen-bond donors (Lipinski definition) is 1. The highest BCUT2D eigenvalue weighted by atomic mass is 32.2. The summed E-state index contributed by atoms with van der Waals surface area (Å²) >= 11 is 1.11. The average molecular weight is 389 g/mol. The van der Waals surface area contributed by atoms with Gasteiger partial charge in [-0.1, -0.05) is 30.8 Å². The van der Waals surface area contributed by atoms with E-state index in [1.807, 2.05) is 6.92 Å². The Morgan fingerprint density at radius 1 is 1.30 bits per heavy atom. The number of anilines is 1. The van der Waals surface area contributed by atoms with Gasteiger partial charge in [0.05, 0.1) is 23.1 Å². The fraction of sp³-hybridized carbons (Fsp3) is 0.333. The number of amides is 1. The van der Waals surface area contributed by atoms with Crippen LogP contribution >= 0.6 is 11.8 Å². The molecular formula is C18H20FN5O2S. The summed E-state index contributed by atoms with van der Waals surface area (Å²) in [6.07, 6.45) is 2.55. The van der Waals surface area contributed by atoms with Gasteiger partial charge in [-0.25, -0.2) is 9.07 Å². The topological polar surface area (TPSA) is 85.8 Å². The second kappa shape index (κ2) is 8.34. The maximum atomic E-state index is 13.8. The third-order valence-electron chi connectivity index (χ3n) is 4.09. The van der Waals surface area contributed by atoms with Crippen LogP contribution in [0.15, 0.2) is 46.2 Å². The molecule has 1 amide bonds. The SMILES string of the molecule is CC[C@H](C)n1nccc1NC(=O)[C@@H](C)Sc1nnc(-c2ccccc2F)o1. The molecule has 1 aromatic carbocycles. The summed E-state index contributed by atoms with van der Waals surface area (Å²) in [7, 11) is 0. The first-order chi connectivity index (χ1) is 13.0. The predicted molar refractivity (Wildman–Crippen MR) is 101 cm³/mol. The van der Waals surface area contributed by atoms with Crippen molar-refractivity contribution in [1.29, 1.82) is 0 Å². The number of halogens is 1. The van der Waals surface area contributed by atoms with Gasteiger partial charge in [-0.05, 0) is 32.4 Å². The van der Waals surface area contributed by atoms with Gasteiger partial charge in [-0.2, -0.15) is 5.10 Å². The number of thioether (sulfide) groups is 1. The van der Waals surface area contributed by atoms with Gasteiger partial charge in [0.15, 0.2) is 0 Å². The Morgan fingerprint density at radius 2 is 2.07 bits per heavy atom. The molecule has 0 radical (unpaired) electrons. The fourth-order valence-corrected chi connectivity index (χ4v) is 3.05. The smallest absolute Gasteiger partial charge is 0.277 e. The van der Waals surface area contributed by atoms with Gasteiger partial charge in [0, 0.05) is 6.07 Å². The molecule has 142 valence electrons. The molecule has 0 saturated heterocycles. The van der Waals surface area contributed by atoms with E-state index < -0.39 is 11.1 Å². The molecule has 0 aliphatic rings. The minimum absolute atomic E-state index is 0.0815. The van der Waals surface area contributed by atoms with Gasteiger partial charge in [0.25, 0.3) is 11.1 Å². The number of aromatic nitrogens is 4. The first-order valence-corrected chi connectivity index (χ1v) is 9.47. The highest BCUT2D eigenvalue weighted by Crippen LogP contribution is 2.28. The summed E-state index contributed by atoms with van der Waals surface area (Å²) in [5.41, 5.74) is 0.228. The number of hydrogen-bond acceptors (Lipinski definition) is 6. The molecule has 0 spiro atoms. The molecule has 3 aromatic rings. The lowest BCUT2D eigenvalue weighted by atomic mass is 10.2. The van der Waals surface area contributed by atoms with Crippen molar-refractivity contribution < 1.29 is 13.6 Å². The maximum Gasteiger partial charge on any atom is 0.277 e. The highest BCUT2D eigenvalue weighted by Gasteiger charge is 2.21. The largest absolute Gasteiger partial charge is 0.411 e. The van der Waals surface area contributed by atoms with Crippen LogP contribution in [0, 0.1) is 5.82 Å². The monoisotopic (exact) mass is 389 g/mol. The fourth-order valence-electron chi connectivity index (χ4n) is 2.37. The average Bonchev–Trinajstić information content (AvgIpc) is 3.31. The van der Waals surface area contributed by atoms with Gasteiger partial charge in [-0.15, -0.1) is 10.2 Å². The zero-order chi connectivity index (χ0) is 19.4. The zero-order valence-corrected chi connectivity index (χ0v) is 16.0. The Labute approximate surface area is 160 Å². The lowest BCUT2D eigenvalue weighted by Crippen LogP contribution is -2.24. The van der Waals surface area contributed by atoms with Crippen LogP contribution in [0.1, 0.15) is 33.2 Å². The molecule has 0 aliphatic heterocycles. The van der Waals surface area contributed by atoms with E-state index >= 15 is 0 Å². The Morgan fingerprint density at radius 3 is 2.81 bits per heavy atom. The lowest BCUT2D eigenvalue weighted by molar-refractivity contribution is -0.115. The molecule has 0 saturated carbocycles. The molecule has 3 rings (SSSR count). The van der Waals surface area contributed by atoms with Gasteiger partial charge >= 0.3 is 0 Å². The third kappa shape index (κ3) is 4.36. The molecule has 0 unspecified atom stereocenters. The number of nitrogens with zero attached hydrogens (tertiary/aromatic N) is 4. The van der Waals surface area contributed by atoms with Gasteiger partial charge < -0.3 is 9.73 Å². The molecule has 0 bridgehead atoms. The lowest BCUT2D eigenvalue weighted by Gasteiger charge is -2.15.